The van der Waals surface area contributed by atoms with Gasteiger partial charge >= 0.3 is 0 Å². The molecule has 0 radical (unpaired) electrons. The highest BCUT2D eigenvalue weighted by molar-refractivity contribution is 9.10. The van der Waals surface area contributed by atoms with Crippen molar-refractivity contribution in [3.8, 4) is 6.07 Å². The molecule has 0 saturated carbocycles. The minimum atomic E-state index is -0.446. The van der Waals surface area contributed by atoms with E-state index in [1.165, 1.54) is 6.92 Å². The number of nitrogens with zero attached hydrogens (tertiary/aromatic N) is 1. The molecule has 76 valence electrons. The molecule has 0 aliphatic heterocycles. The van der Waals surface area contributed by atoms with Crippen LogP contribution in [0.5, 0.6) is 0 Å². The Hall–Kier alpha value is -1.60. The van der Waals surface area contributed by atoms with Crippen molar-refractivity contribution < 1.29 is 9.90 Å². The average molecular weight is 266 g/mol. The van der Waals surface area contributed by atoms with Crippen LogP contribution in [0.2, 0.25) is 0 Å². The first-order chi connectivity index (χ1) is 7.06. The van der Waals surface area contributed by atoms with E-state index in [4.69, 9.17) is 5.26 Å². The number of ketones is 1. The smallest absolute Gasteiger partial charge is 0.174 e. The van der Waals surface area contributed by atoms with Crippen LogP contribution in [0.1, 0.15) is 12.5 Å². The molecule has 0 aromatic heterocycles. The van der Waals surface area contributed by atoms with E-state index in [9.17, 15) is 9.90 Å². The summed E-state index contributed by atoms with van der Waals surface area (Å²) >= 11 is 3.25. The van der Waals surface area contributed by atoms with E-state index in [1.54, 1.807) is 30.3 Å². The summed E-state index contributed by atoms with van der Waals surface area (Å²) in [7, 11) is 0. The molecule has 1 aromatic rings. The molecule has 0 aliphatic carbocycles. The zero-order valence-corrected chi connectivity index (χ0v) is 9.58. The molecule has 3 nitrogen and oxygen atoms in total. The Bertz CT molecular complexity index is 454. The van der Waals surface area contributed by atoms with Gasteiger partial charge in [-0.3, -0.25) is 4.79 Å². The third-order valence-corrected chi connectivity index (χ3v) is 2.35. The number of aliphatic hydroxyl groups is 1. The number of Topliss-reactive ketones (excluding diaryl/α,β-unsaturated/α-hetero) is 1. The highest BCUT2D eigenvalue weighted by Gasteiger charge is 2.11. The topological polar surface area (TPSA) is 61.1 Å². The molecule has 0 fully saturated rings. The van der Waals surface area contributed by atoms with Gasteiger partial charge in [-0.1, -0.05) is 28.1 Å². The summed E-state index contributed by atoms with van der Waals surface area (Å²) in [6.07, 6.45) is 0. The van der Waals surface area contributed by atoms with E-state index >= 15 is 0 Å². The van der Waals surface area contributed by atoms with Crippen molar-refractivity contribution in [1.29, 1.82) is 5.26 Å². The fourth-order valence-corrected chi connectivity index (χ4v) is 1.31. The van der Waals surface area contributed by atoms with Gasteiger partial charge in [0.1, 0.15) is 17.4 Å². The first kappa shape index (κ1) is 11.5. The highest BCUT2D eigenvalue weighted by atomic mass is 79.9. The van der Waals surface area contributed by atoms with Crippen molar-refractivity contribution in [2.75, 3.05) is 0 Å². The number of aliphatic hydroxyl groups excluding tert-OH is 1. The number of allylic oxidation sites excluding steroid dienone is 1. The molecule has 0 heterocycles. The van der Waals surface area contributed by atoms with Gasteiger partial charge in [-0.25, -0.2) is 0 Å². The van der Waals surface area contributed by atoms with Crippen LogP contribution < -0.4 is 0 Å². The molecule has 0 bridgehead atoms. The number of halogens is 1. The zero-order valence-electron chi connectivity index (χ0n) is 7.99. The summed E-state index contributed by atoms with van der Waals surface area (Å²) in [4.78, 5) is 11.0. The molecule has 1 N–H and O–H groups in total. The minimum Gasteiger partial charge on any atom is -0.506 e. The van der Waals surface area contributed by atoms with Gasteiger partial charge in [-0.2, -0.15) is 5.26 Å². The van der Waals surface area contributed by atoms with Gasteiger partial charge in [0.25, 0.3) is 0 Å². The lowest BCUT2D eigenvalue weighted by Crippen LogP contribution is -1.98. The molecule has 1 rings (SSSR count). The highest BCUT2D eigenvalue weighted by Crippen LogP contribution is 2.19. The molecule has 0 unspecified atom stereocenters. The summed E-state index contributed by atoms with van der Waals surface area (Å²) in [6, 6.07) is 8.38. The Kier molecular flexibility index (Phi) is 3.64. The maximum atomic E-state index is 11.0. The van der Waals surface area contributed by atoms with Crippen LogP contribution in [0, 0.1) is 11.3 Å². The normalized spacial score (nSPS) is 11.5. The average Bonchev–Trinajstić information content (AvgIpc) is 2.19. The van der Waals surface area contributed by atoms with E-state index in [0.29, 0.717) is 5.56 Å². The van der Waals surface area contributed by atoms with Crippen molar-refractivity contribution in [3.05, 3.63) is 39.9 Å². The van der Waals surface area contributed by atoms with Gasteiger partial charge in [-0.05, 0) is 12.1 Å². The van der Waals surface area contributed by atoms with Crippen LogP contribution >= 0.6 is 15.9 Å². The molecule has 0 aliphatic rings. The second kappa shape index (κ2) is 4.76. The Morgan fingerprint density at radius 3 is 2.33 bits per heavy atom. The maximum absolute atomic E-state index is 11.0. The fourth-order valence-electron chi connectivity index (χ4n) is 1.05. The van der Waals surface area contributed by atoms with E-state index in [0.717, 1.165) is 4.47 Å². The quantitative estimate of drug-likeness (QED) is 0.508. The summed E-state index contributed by atoms with van der Waals surface area (Å²) in [6.45, 7) is 1.24. The zero-order chi connectivity index (χ0) is 11.4. The lowest BCUT2D eigenvalue weighted by Gasteiger charge is -2.01. The van der Waals surface area contributed by atoms with Crippen LogP contribution in [0.25, 0.3) is 5.76 Å². The van der Waals surface area contributed by atoms with Gasteiger partial charge in [0.15, 0.2) is 5.78 Å². The second-order valence-corrected chi connectivity index (χ2v) is 3.81. The van der Waals surface area contributed by atoms with Gasteiger partial charge in [0.2, 0.25) is 0 Å². The summed E-state index contributed by atoms with van der Waals surface area (Å²) in [5.74, 6) is -0.726. The predicted octanol–water partition coefficient (Wildman–Crippen LogP) is 2.83. The number of rotatable bonds is 2. The van der Waals surface area contributed by atoms with E-state index < -0.39 is 5.78 Å². The number of hydrogen-bond acceptors (Lipinski definition) is 3. The van der Waals surface area contributed by atoms with Crippen molar-refractivity contribution in [1.82, 2.24) is 0 Å². The second-order valence-electron chi connectivity index (χ2n) is 2.90. The molecular formula is C11H8BrNO2. The molecule has 4 heteroatoms. The lowest BCUT2D eigenvalue weighted by molar-refractivity contribution is -0.113. The first-order valence-corrected chi connectivity index (χ1v) is 4.95. The Morgan fingerprint density at radius 1 is 1.40 bits per heavy atom. The summed E-state index contributed by atoms with van der Waals surface area (Å²) < 4.78 is 0.861. The molecular weight excluding hydrogens is 258 g/mol. The van der Waals surface area contributed by atoms with Crippen LogP contribution in [0.4, 0.5) is 0 Å². The largest absolute Gasteiger partial charge is 0.506 e. The SMILES string of the molecule is CC(=O)/C(C#N)=C(/O)c1ccc(Br)cc1. The van der Waals surface area contributed by atoms with Gasteiger partial charge in [0.05, 0.1) is 0 Å². The summed E-state index contributed by atoms with van der Waals surface area (Å²) in [5, 5.41) is 18.3. The van der Waals surface area contributed by atoms with Crippen molar-refractivity contribution in [3.63, 3.8) is 0 Å². The molecule has 15 heavy (non-hydrogen) atoms. The minimum absolute atomic E-state index is 0.225. The number of carbonyl (C=O) groups is 1. The van der Waals surface area contributed by atoms with Crippen molar-refractivity contribution >= 4 is 27.5 Å². The molecule has 0 spiro atoms. The molecule has 0 atom stereocenters. The molecule has 0 saturated heterocycles. The van der Waals surface area contributed by atoms with Gasteiger partial charge in [0, 0.05) is 17.0 Å². The standard InChI is InChI=1S/C11H8BrNO2/c1-7(14)10(6-13)11(15)8-2-4-9(12)5-3-8/h2-5,15H,1H3/b11-10+. The molecule has 0 amide bonds. The monoisotopic (exact) mass is 265 g/mol. The predicted molar refractivity (Wildman–Crippen MR) is 60.0 cm³/mol. The van der Waals surface area contributed by atoms with Crippen molar-refractivity contribution in [2.45, 2.75) is 6.92 Å². The fraction of sp³-hybridized carbons (Fsp3) is 0.0909. The number of nitriles is 1. The number of carbonyl (C=O) groups excluding carboxylic acids is 1. The Balaban J connectivity index is 3.24. The van der Waals surface area contributed by atoms with Crippen LogP contribution in [-0.2, 0) is 4.79 Å². The Labute approximate surface area is 95.8 Å². The first-order valence-electron chi connectivity index (χ1n) is 4.16. The lowest BCUT2D eigenvalue weighted by atomic mass is 10.1. The Morgan fingerprint density at radius 2 is 1.93 bits per heavy atom. The third kappa shape index (κ3) is 2.67. The molecule has 1 aromatic carbocycles. The number of benzene rings is 1. The van der Waals surface area contributed by atoms with Crippen LogP contribution in [-0.4, -0.2) is 10.9 Å². The van der Waals surface area contributed by atoms with Crippen LogP contribution in [0.3, 0.4) is 0 Å². The van der Waals surface area contributed by atoms with Gasteiger partial charge in [-0.15, -0.1) is 0 Å². The van der Waals surface area contributed by atoms with Crippen LogP contribution in [0.15, 0.2) is 34.3 Å². The van der Waals surface area contributed by atoms with E-state index in [1.807, 2.05) is 0 Å². The van der Waals surface area contributed by atoms with Crippen molar-refractivity contribution in [2.24, 2.45) is 0 Å². The summed E-state index contributed by atoms with van der Waals surface area (Å²) in [5.41, 5.74) is 0.224. The van der Waals surface area contributed by atoms with Gasteiger partial charge < -0.3 is 5.11 Å². The number of hydrogen-bond donors (Lipinski definition) is 1. The van der Waals surface area contributed by atoms with E-state index in [2.05, 4.69) is 15.9 Å². The third-order valence-electron chi connectivity index (χ3n) is 1.82. The van der Waals surface area contributed by atoms with E-state index in [-0.39, 0.29) is 11.3 Å². The maximum Gasteiger partial charge on any atom is 0.174 e.